The van der Waals surface area contributed by atoms with Crippen molar-refractivity contribution in [1.82, 2.24) is 10.7 Å². The molecule has 0 heterocycles. The van der Waals surface area contributed by atoms with Crippen LogP contribution in [0.3, 0.4) is 0 Å². The molecule has 0 amide bonds. The molecule has 0 saturated carbocycles. The highest BCUT2D eigenvalue weighted by Crippen LogP contribution is 2.23. The summed E-state index contributed by atoms with van der Waals surface area (Å²) in [4.78, 5) is 0. The number of ether oxygens (including phenoxy) is 1. The van der Waals surface area contributed by atoms with E-state index in [1.54, 1.807) is 25.4 Å². The molecule has 0 unspecified atom stereocenters. The Morgan fingerprint density at radius 2 is 2.04 bits per heavy atom. The summed E-state index contributed by atoms with van der Waals surface area (Å²) in [7, 11) is 1.72. The van der Waals surface area contributed by atoms with E-state index < -0.39 is 0 Å². The lowest BCUT2D eigenvalue weighted by molar-refractivity contribution is 0.306. The first-order valence-corrected chi connectivity index (χ1v) is 7.92. The van der Waals surface area contributed by atoms with E-state index in [-0.39, 0.29) is 0 Å². The van der Waals surface area contributed by atoms with Gasteiger partial charge in [0.05, 0.1) is 16.3 Å². The summed E-state index contributed by atoms with van der Waals surface area (Å²) in [6, 6.07) is 13.0. The number of thiocarbonyl (C=S) groups is 1. The Bertz CT molecular complexity index is 722. The molecule has 2 N–H and O–H groups in total. The Labute approximate surface area is 150 Å². The van der Waals surface area contributed by atoms with Gasteiger partial charge in [-0.15, -0.1) is 0 Å². The molecule has 2 aromatic carbocycles. The molecule has 0 aliphatic carbocycles. The predicted octanol–water partition coefficient (Wildman–Crippen LogP) is 4.00. The van der Waals surface area contributed by atoms with E-state index in [4.69, 9.17) is 40.2 Å². The van der Waals surface area contributed by atoms with E-state index in [2.05, 4.69) is 15.8 Å². The van der Waals surface area contributed by atoms with E-state index in [1.165, 1.54) is 0 Å². The van der Waals surface area contributed by atoms with Gasteiger partial charge in [0.15, 0.2) is 5.11 Å². The van der Waals surface area contributed by atoms with Crippen LogP contribution in [-0.2, 0) is 6.61 Å². The fourth-order valence-corrected chi connectivity index (χ4v) is 2.08. The minimum atomic E-state index is 0.402. The SMILES string of the molecule is CNC(=S)N/N=C/c1cccc(OCc2ccc(Cl)c(Cl)c2)c1. The van der Waals surface area contributed by atoms with Gasteiger partial charge in [0, 0.05) is 7.05 Å². The van der Waals surface area contributed by atoms with Gasteiger partial charge in [0.25, 0.3) is 0 Å². The van der Waals surface area contributed by atoms with Crippen molar-refractivity contribution in [3.05, 3.63) is 63.6 Å². The first-order chi connectivity index (χ1) is 11.1. The minimum Gasteiger partial charge on any atom is -0.489 e. The van der Waals surface area contributed by atoms with Gasteiger partial charge >= 0.3 is 0 Å². The molecular weight excluding hydrogens is 353 g/mol. The summed E-state index contributed by atoms with van der Waals surface area (Å²) < 4.78 is 5.75. The van der Waals surface area contributed by atoms with Crippen molar-refractivity contribution in [3.8, 4) is 5.75 Å². The fourth-order valence-electron chi connectivity index (χ4n) is 1.70. The van der Waals surface area contributed by atoms with E-state index in [0.717, 1.165) is 16.9 Å². The molecule has 2 aromatic rings. The lowest BCUT2D eigenvalue weighted by atomic mass is 10.2. The van der Waals surface area contributed by atoms with Crippen LogP contribution in [-0.4, -0.2) is 18.4 Å². The van der Waals surface area contributed by atoms with E-state index in [0.29, 0.717) is 21.8 Å². The summed E-state index contributed by atoms with van der Waals surface area (Å²) >= 11 is 16.8. The summed E-state index contributed by atoms with van der Waals surface area (Å²) in [6.45, 7) is 0.402. The van der Waals surface area contributed by atoms with Crippen LogP contribution in [0.5, 0.6) is 5.75 Å². The van der Waals surface area contributed by atoms with Crippen LogP contribution < -0.4 is 15.5 Å². The van der Waals surface area contributed by atoms with Gasteiger partial charge in [-0.25, -0.2) is 0 Å². The van der Waals surface area contributed by atoms with Crippen molar-refractivity contribution in [2.75, 3.05) is 7.05 Å². The third-order valence-corrected chi connectivity index (χ3v) is 3.89. The van der Waals surface area contributed by atoms with Crippen molar-refractivity contribution < 1.29 is 4.74 Å². The monoisotopic (exact) mass is 367 g/mol. The number of hydrogen-bond acceptors (Lipinski definition) is 3. The molecule has 2 rings (SSSR count). The third kappa shape index (κ3) is 5.71. The number of hydrogen-bond donors (Lipinski definition) is 2. The van der Waals surface area contributed by atoms with Crippen molar-refractivity contribution in [2.45, 2.75) is 6.61 Å². The maximum atomic E-state index is 5.99. The highest BCUT2D eigenvalue weighted by molar-refractivity contribution is 7.80. The van der Waals surface area contributed by atoms with Gasteiger partial charge in [0.1, 0.15) is 12.4 Å². The van der Waals surface area contributed by atoms with Crippen molar-refractivity contribution in [1.29, 1.82) is 0 Å². The van der Waals surface area contributed by atoms with E-state index >= 15 is 0 Å². The topological polar surface area (TPSA) is 45.7 Å². The minimum absolute atomic E-state index is 0.402. The van der Waals surface area contributed by atoms with Gasteiger partial charge in [-0.3, -0.25) is 5.43 Å². The standard InChI is InChI=1S/C16H15Cl2N3OS/c1-19-16(23)21-20-9-11-3-2-4-13(7-11)22-10-12-5-6-14(17)15(18)8-12/h2-9H,10H2,1H3,(H2,19,21,23)/b20-9+. The Hall–Kier alpha value is -1.82. The molecule has 120 valence electrons. The highest BCUT2D eigenvalue weighted by Gasteiger charge is 2.01. The zero-order chi connectivity index (χ0) is 16.7. The lowest BCUT2D eigenvalue weighted by Gasteiger charge is -2.08. The maximum absolute atomic E-state index is 5.99. The predicted molar refractivity (Wildman–Crippen MR) is 99.6 cm³/mol. The average molecular weight is 368 g/mol. The zero-order valence-electron chi connectivity index (χ0n) is 12.3. The first kappa shape index (κ1) is 17.5. The smallest absolute Gasteiger partial charge is 0.186 e. The van der Waals surface area contributed by atoms with Crippen LogP contribution in [0, 0.1) is 0 Å². The average Bonchev–Trinajstić information content (AvgIpc) is 2.56. The fraction of sp³-hybridized carbons (Fsp3) is 0.125. The molecule has 0 atom stereocenters. The second-order valence-electron chi connectivity index (χ2n) is 4.56. The molecule has 0 fully saturated rings. The van der Waals surface area contributed by atoms with Gasteiger partial charge in [-0.2, -0.15) is 5.10 Å². The Morgan fingerprint density at radius 1 is 1.22 bits per heavy atom. The molecule has 0 aliphatic heterocycles. The summed E-state index contributed by atoms with van der Waals surface area (Å²) in [5.74, 6) is 0.733. The molecule has 0 bridgehead atoms. The quantitative estimate of drug-likeness (QED) is 0.476. The maximum Gasteiger partial charge on any atom is 0.186 e. The van der Waals surface area contributed by atoms with Crippen LogP contribution in [0.15, 0.2) is 47.6 Å². The Balaban J connectivity index is 1.96. The van der Waals surface area contributed by atoms with Crippen LogP contribution in [0.1, 0.15) is 11.1 Å². The normalized spacial score (nSPS) is 10.6. The van der Waals surface area contributed by atoms with Crippen molar-refractivity contribution in [2.24, 2.45) is 5.10 Å². The van der Waals surface area contributed by atoms with Gasteiger partial charge in [-0.05, 0) is 47.6 Å². The Morgan fingerprint density at radius 3 is 2.78 bits per heavy atom. The molecular formula is C16H15Cl2N3OS. The number of benzene rings is 2. The van der Waals surface area contributed by atoms with Crippen LogP contribution in [0.25, 0.3) is 0 Å². The van der Waals surface area contributed by atoms with Crippen LogP contribution in [0.4, 0.5) is 0 Å². The number of nitrogens with zero attached hydrogens (tertiary/aromatic N) is 1. The molecule has 23 heavy (non-hydrogen) atoms. The molecule has 0 aliphatic rings. The molecule has 0 saturated heterocycles. The molecule has 0 spiro atoms. The number of halogens is 2. The van der Waals surface area contributed by atoms with Gasteiger partial charge < -0.3 is 10.1 Å². The third-order valence-electron chi connectivity index (χ3n) is 2.85. The number of rotatable bonds is 5. The van der Waals surface area contributed by atoms with Crippen molar-refractivity contribution >= 4 is 46.7 Å². The first-order valence-electron chi connectivity index (χ1n) is 6.76. The second-order valence-corrected chi connectivity index (χ2v) is 5.78. The molecule has 0 aromatic heterocycles. The van der Waals surface area contributed by atoms with Crippen LogP contribution >= 0.6 is 35.4 Å². The number of nitrogens with one attached hydrogen (secondary N) is 2. The molecule has 0 radical (unpaired) electrons. The zero-order valence-corrected chi connectivity index (χ0v) is 14.7. The molecule has 4 nitrogen and oxygen atoms in total. The Kier molecular flexibility index (Phi) is 6.65. The largest absolute Gasteiger partial charge is 0.489 e. The molecule has 7 heteroatoms. The second kappa shape index (κ2) is 8.72. The van der Waals surface area contributed by atoms with E-state index in [9.17, 15) is 0 Å². The summed E-state index contributed by atoms with van der Waals surface area (Å²) in [5, 5.41) is 8.29. The highest BCUT2D eigenvalue weighted by atomic mass is 35.5. The summed E-state index contributed by atoms with van der Waals surface area (Å²) in [6.07, 6.45) is 1.66. The lowest BCUT2D eigenvalue weighted by Crippen LogP contribution is -2.28. The van der Waals surface area contributed by atoms with Crippen LogP contribution in [0.2, 0.25) is 10.0 Å². The van der Waals surface area contributed by atoms with Gasteiger partial charge in [-0.1, -0.05) is 41.4 Å². The van der Waals surface area contributed by atoms with Gasteiger partial charge in [0.2, 0.25) is 0 Å². The number of hydrazone groups is 1. The van der Waals surface area contributed by atoms with Crippen molar-refractivity contribution in [3.63, 3.8) is 0 Å². The summed E-state index contributed by atoms with van der Waals surface area (Å²) in [5.41, 5.74) is 4.53. The van der Waals surface area contributed by atoms with E-state index in [1.807, 2.05) is 30.3 Å².